The van der Waals surface area contributed by atoms with Crippen molar-refractivity contribution in [2.45, 2.75) is 44.7 Å². The van der Waals surface area contributed by atoms with E-state index in [2.05, 4.69) is 20.2 Å². The van der Waals surface area contributed by atoms with Crippen LogP contribution in [0.4, 0.5) is 5.95 Å². The maximum Gasteiger partial charge on any atom is 0.248 e. The average molecular weight is 487 g/mol. The quantitative estimate of drug-likeness (QED) is 0.380. The second-order valence-electron chi connectivity index (χ2n) is 9.29. The minimum absolute atomic E-state index is 0.162. The first kappa shape index (κ1) is 23.7. The zero-order valence-corrected chi connectivity index (χ0v) is 20.4. The normalized spacial score (nSPS) is 14.4. The minimum Gasteiger partial charge on any atom is -0.366 e. The molecule has 10 heteroatoms. The van der Waals surface area contributed by atoms with Crippen molar-refractivity contribution in [3.8, 4) is 0 Å². The monoisotopic (exact) mass is 486 g/mol. The number of anilines is 1. The van der Waals surface area contributed by atoms with E-state index < -0.39 is 5.91 Å². The Morgan fingerprint density at radius 3 is 2.69 bits per heavy atom. The van der Waals surface area contributed by atoms with Crippen molar-refractivity contribution < 1.29 is 9.59 Å². The van der Waals surface area contributed by atoms with Crippen molar-refractivity contribution in [2.24, 2.45) is 5.73 Å². The fourth-order valence-corrected chi connectivity index (χ4v) is 4.77. The second kappa shape index (κ2) is 10.3. The van der Waals surface area contributed by atoms with Gasteiger partial charge in [-0.15, -0.1) is 5.10 Å². The van der Waals surface area contributed by atoms with Crippen LogP contribution in [0.3, 0.4) is 0 Å². The Labute approximate surface area is 209 Å². The van der Waals surface area contributed by atoms with Crippen LogP contribution in [-0.2, 0) is 11.3 Å². The molecule has 0 saturated carbocycles. The molecule has 1 fully saturated rings. The molecular weight excluding hydrogens is 456 g/mol. The molecule has 186 valence electrons. The number of hydrogen-bond acceptors (Lipinski definition) is 7. The Hall–Kier alpha value is -4.08. The molecule has 2 amide bonds. The number of amides is 2. The van der Waals surface area contributed by atoms with Gasteiger partial charge in [-0.05, 0) is 49.9 Å². The van der Waals surface area contributed by atoms with Crippen LogP contribution in [0.5, 0.6) is 0 Å². The highest BCUT2D eigenvalue weighted by Gasteiger charge is 2.26. The molecule has 0 spiro atoms. The van der Waals surface area contributed by atoms with Gasteiger partial charge in [-0.3, -0.25) is 9.59 Å². The summed E-state index contributed by atoms with van der Waals surface area (Å²) in [6, 6.07) is 13.3. The smallest absolute Gasteiger partial charge is 0.248 e. The number of para-hydroxylation sites is 1. The van der Waals surface area contributed by atoms with Crippen molar-refractivity contribution in [3.63, 3.8) is 0 Å². The Balaban J connectivity index is 1.09. The van der Waals surface area contributed by atoms with Crippen molar-refractivity contribution >= 4 is 39.7 Å². The zero-order valence-electron chi connectivity index (χ0n) is 20.4. The molecule has 1 saturated heterocycles. The Kier molecular flexibility index (Phi) is 6.75. The number of unbranched alkanes of at least 4 members (excludes halogenated alkanes) is 1. The van der Waals surface area contributed by atoms with Crippen LogP contribution >= 0.6 is 0 Å². The van der Waals surface area contributed by atoms with Gasteiger partial charge in [0.15, 0.2) is 0 Å². The highest BCUT2D eigenvalue weighted by atomic mass is 16.2. The molecule has 10 nitrogen and oxygen atoms in total. The summed E-state index contributed by atoms with van der Waals surface area (Å²) in [5.74, 6) is 0.438. The number of aryl methyl sites for hydroxylation is 1. The van der Waals surface area contributed by atoms with Gasteiger partial charge in [-0.25, -0.2) is 14.6 Å². The molecule has 1 aliphatic heterocycles. The molecule has 0 radical (unpaired) electrons. The van der Waals surface area contributed by atoms with Crippen LogP contribution in [0.1, 0.15) is 42.5 Å². The minimum atomic E-state index is -0.478. The van der Waals surface area contributed by atoms with Crippen LogP contribution in [0.15, 0.2) is 48.7 Å². The van der Waals surface area contributed by atoms with E-state index in [-0.39, 0.29) is 11.9 Å². The fraction of sp³-hybridized carbons (Fsp3) is 0.385. The van der Waals surface area contributed by atoms with E-state index >= 15 is 0 Å². The first-order valence-electron chi connectivity index (χ1n) is 12.3. The summed E-state index contributed by atoms with van der Waals surface area (Å²) in [6.07, 6.45) is 5.69. The highest BCUT2D eigenvalue weighted by molar-refractivity contribution is 5.96. The first-order chi connectivity index (χ1) is 17.5. The van der Waals surface area contributed by atoms with E-state index in [0.29, 0.717) is 18.5 Å². The van der Waals surface area contributed by atoms with Crippen LogP contribution in [-0.4, -0.2) is 67.9 Å². The summed E-state index contributed by atoms with van der Waals surface area (Å²) in [6.45, 7) is 2.28. The van der Waals surface area contributed by atoms with E-state index in [0.717, 1.165) is 66.7 Å². The summed E-state index contributed by atoms with van der Waals surface area (Å²) in [5, 5.41) is 9.35. The van der Waals surface area contributed by atoms with Crippen LogP contribution in [0.25, 0.3) is 21.9 Å². The molecule has 4 aromatic rings. The summed E-state index contributed by atoms with van der Waals surface area (Å²) in [7, 11) is 1.91. The third-order valence-corrected chi connectivity index (χ3v) is 6.97. The number of carbonyl (C=O) groups is 2. The fourth-order valence-electron chi connectivity index (χ4n) is 4.77. The maximum atomic E-state index is 12.8. The number of hydrogen-bond donors (Lipinski definition) is 1. The molecule has 5 rings (SSSR count). The number of nitrogens with two attached hydrogens (primary N) is 1. The van der Waals surface area contributed by atoms with Gasteiger partial charge in [0, 0.05) is 56.3 Å². The molecular formula is C26H30N8O2. The lowest BCUT2D eigenvalue weighted by molar-refractivity contribution is -0.132. The lowest BCUT2D eigenvalue weighted by Crippen LogP contribution is -2.46. The number of rotatable bonds is 8. The van der Waals surface area contributed by atoms with E-state index in [1.165, 1.54) is 0 Å². The summed E-state index contributed by atoms with van der Waals surface area (Å²) < 4.78 is 1.76. The molecule has 0 unspecified atom stereocenters. The first-order valence-corrected chi connectivity index (χ1v) is 12.3. The molecule has 0 aliphatic carbocycles. The predicted octanol–water partition coefficient (Wildman–Crippen LogP) is 2.77. The van der Waals surface area contributed by atoms with Gasteiger partial charge in [0.1, 0.15) is 5.52 Å². The third kappa shape index (κ3) is 4.98. The number of nitrogens with zero attached hydrogens (tertiary/aromatic N) is 7. The number of piperidine rings is 1. The SMILES string of the molecule is CN(C(=O)CCCCn1nnc2ccc(C(N)=O)cc21)C1CCN(c2ncc3ccccc3n2)CC1. The molecule has 0 atom stereocenters. The molecule has 2 N–H and O–H groups in total. The molecule has 1 aliphatic rings. The van der Waals surface area contributed by atoms with E-state index in [1.807, 2.05) is 42.4 Å². The highest BCUT2D eigenvalue weighted by Crippen LogP contribution is 2.22. The number of aromatic nitrogens is 5. The van der Waals surface area contributed by atoms with Gasteiger partial charge in [0.2, 0.25) is 17.8 Å². The molecule has 0 bridgehead atoms. The number of fused-ring (bicyclic) bond motifs is 2. The summed E-state index contributed by atoms with van der Waals surface area (Å²) in [5.41, 5.74) is 8.26. The second-order valence-corrected chi connectivity index (χ2v) is 9.29. The number of benzene rings is 2. The topological polar surface area (TPSA) is 123 Å². The van der Waals surface area contributed by atoms with Gasteiger partial charge in [0.05, 0.1) is 11.0 Å². The predicted molar refractivity (Wildman–Crippen MR) is 137 cm³/mol. The standard InChI is InChI=1S/C26H30N8O2/c1-32(20-11-14-33(15-12-20)26-28-17-19-6-2-3-7-21(19)29-26)24(35)8-4-5-13-34-23-16-18(25(27)36)9-10-22(23)30-31-34/h2-3,6-7,9-10,16-17,20H,4-5,8,11-15H2,1H3,(H2,27,36). The Bertz CT molecular complexity index is 1390. The van der Waals surface area contributed by atoms with Crippen molar-refractivity contribution in [1.29, 1.82) is 0 Å². The van der Waals surface area contributed by atoms with Crippen molar-refractivity contribution in [1.82, 2.24) is 29.9 Å². The maximum absolute atomic E-state index is 12.8. The van der Waals surface area contributed by atoms with E-state index in [1.54, 1.807) is 22.9 Å². The molecule has 3 heterocycles. The van der Waals surface area contributed by atoms with Gasteiger partial charge in [0.25, 0.3) is 0 Å². The van der Waals surface area contributed by atoms with Gasteiger partial charge in [-0.1, -0.05) is 23.4 Å². The summed E-state index contributed by atoms with van der Waals surface area (Å²) in [4.78, 5) is 37.7. The lowest BCUT2D eigenvalue weighted by Gasteiger charge is -2.36. The van der Waals surface area contributed by atoms with E-state index in [9.17, 15) is 9.59 Å². The number of primary amides is 1. The van der Waals surface area contributed by atoms with Gasteiger partial charge < -0.3 is 15.5 Å². The zero-order chi connectivity index (χ0) is 25.1. The molecule has 36 heavy (non-hydrogen) atoms. The van der Waals surface area contributed by atoms with Crippen molar-refractivity contribution in [2.75, 3.05) is 25.0 Å². The van der Waals surface area contributed by atoms with Crippen molar-refractivity contribution in [3.05, 3.63) is 54.2 Å². The largest absolute Gasteiger partial charge is 0.366 e. The van der Waals surface area contributed by atoms with Crippen LogP contribution < -0.4 is 10.6 Å². The van der Waals surface area contributed by atoms with Gasteiger partial charge in [-0.2, -0.15) is 0 Å². The Morgan fingerprint density at radius 1 is 1.08 bits per heavy atom. The lowest BCUT2D eigenvalue weighted by atomic mass is 10.0. The number of carbonyl (C=O) groups excluding carboxylic acids is 2. The van der Waals surface area contributed by atoms with Gasteiger partial charge >= 0.3 is 0 Å². The average Bonchev–Trinajstić information content (AvgIpc) is 3.32. The third-order valence-electron chi connectivity index (χ3n) is 6.97. The van der Waals surface area contributed by atoms with E-state index in [4.69, 9.17) is 10.7 Å². The van der Waals surface area contributed by atoms with Crippen LogP contribution in [0, 0.1) is 0 Å². The molecule has 2 aromatic carbocycles. The molecule has 2 aromatic heterocycles. The van der Waals surface area contributed by atoms with Crippen LogP contribution in [0.2, 0.25) is 0 Å². The Morgan fingerprint density at radius 2 is 1.89 bits per heavy atom. The summed E-state index contributed by atoms with van der Waals surface area (Å²) >= 11 is 0.